The number of rotatable bonds is 6. The Kier molecular flexibility index (Phi) is 5.00. The van der Waals surface area contributed by atoms with E-state index >= 15 is 0 Å². The van der Waals surface area contributed by atoms with E-state index in [9.17, 15) is 4.39 Å². The minimum atomic E-state index is -0.364. The summed E-state index contributed by atoms with van der Waals surface area (Å²) >= 11 is 5.69. The number of nitrogens with one attached hydrogen (secondary N) is 1. The van der Waals surface area contributed by atoms with Crippen molar-refractivity contribution >= 4 is 11.6 Å². The highest BCUT2D eigenvalue weighted by Crippen LogP contribution is 2.17. The average molecular weight is 281 g/mol. The molecule has 2 nitrogen and oxygen atoms in total. The van der Waals surface area contributed by atoms with E-state index in [-0.39, 0.29) is 10.8 Å². The molecule has 0 radical (unpaired) electrons. The lowest BCUT2D eigenvalue weighted by Crippen LogP contribution is -2.17. The summed E-state index contributed by atoms with van der Waals surface area (Å²) in [6, 6.07) is 9.04. The summed E-state index contributed by atoms with van der Waals surface area (Å²) in [6.45, 7) is 4.63. The predicted molar refractivity (Wildman–Crippen MR) is 76.9 cm³/mol. The van der Waals surface area contributed by atoms with E-state index in [1.54, 1.807) is 6.07 Å². The number of hydrogen-bond donors (Lipinski definition) is 1. The van der Waals surface area contributed by atoms with Gasteiger partial charge in [0.25, 0.3) is 0 Å². The van der Waals surface area contributed by atoms with E-state index < -0.39 is 0 Å². The zero-order chi connectivity index (χ0) is 13.7. The minimum Gasteiger partial charge on any atom is -0.346 e. The zero-order valence-electron chi connectivity index (χ0n) is 11.0. The Balaban J connectivity index is 2.06. The molecule has 1 aromatic heterocycles. The molecule has 0 atom stereocenters. The summed E-state index contributed by atoms with van der Waals surface area (Å²) in [7, 11) is 0. The molecule has 0 bridgehead atoms. The second kappa shape index (κ2) is 6.73. The molecule has 0 saturated heterocycles. The fraction of sp³-hybridized carbons (Fsp3) is 0.333. The van der Waals surface area contributed by atoms with Crippen molar-refractivity contribution in [3.63, 3.8) is 0 Å². The number of benzene rings is 1. The third-order valence-corrected chi connectivity index (χ3v) is 3.30. The van der Waals surface area contributed by atoms with Crippen molar-refractivity contribution in [1.82, 2.24) is 9.88 Å². The quantitative estimate of drug-likeness (QED) is 0.796. The van der Waals surface area contributed by atoms with Crippen molar-refractivity contribution in [2.24, 2.45) is 0 Å². The molecule has 1 N–H and O–H groups in total. The van der Waals surface area contributed by atoms with Crippen LogP contribution in [0.3, 0.4) is 0 Å². The summed E-state index contributed by atoms with van der Waals surface area (Å²) in [5.41, 5.74) is 2.11. The Morgan fingerprint density at radius 2 is 2.16 bits per heavy atom. The SMILES string of the molecule is CCCNCc1cccn1Cc1ccc(Cl)c(F)c1. The summed E-state index contributed by atoms with van der Waals surface area (Å²) in [6.07, 6.45) is 3.12. The molecule has 0 aliphatic rings. The number of aromatic nitrogens is 1. The minimum absolute atomic E-state index is 0.168. The number of hydrogen-bond acceptors (Lipinski definition) is 1. The molecule has 102 valence electrons. The van der Waals surface area contributed by atoms with Crippen LogP contribution in [0.15, 0.2) is 36.5 Å². The highest BCUT2D eigenvalue weighted by molar-refractivity contribution is 6.30. The first-order valence-corrected chi connectivity index (χ1v) is 6.87. The third kappa shape index (κ3) is 3.82. The monoisotopic (exact) mass is 280 g/mol. The second-order valence-corrected chi connectivity index (χ2v) is 4.96. The van der Waals surface area contributed by atoms with Crippen LogP contribution in [0.2, 0.25) is 5.02 Å². The standard InChI is InChI=1S/C15H18ClFN2/c1-2-7-18-10-13-4-3-8-19(13)11-12-5-6-14(16)15(17)9-12/h3-6,8-9,18H,2,7,10-11H2,1H3. The van der Waals surface area contributed by atoms with Crippen LogP contribution in [0.25, 0.3) is 0 Å². The van der Waals surface area contributed by atoms with Gasteiger partial charge in [-0.2, -0.15) is 0 Å². The van der Waals surface area contributed by atoms with Gasteiger partial charge in [0.2, 0.25) is 0 Å². The van der Waals surface area contributed by atoms with Crippen LogP contribution in [0.1, 0.15) is 24.6 Å². The predicted octanol–water partition coefficient (Wildman–Crippen LogP) is 3.83. The van der Waals surface area contributed by atoms with Gasteiger partial charge in [-0.3, -0.25) is 0 Å². The van der Waals surface area contributed by atoms with Crippen LogP contribution in [-0.2, 0) is 13.1 Å². The van der Waals surface area contributed by atoms with Gasteiger partial charge in [-0.05, 0) is 42.8 Å². The molecule has 19 heavy (non-hydrogen) atoms. The lowest BCUT2D eigenvalue weighted by molar-refractivity contribution is 0.616. The highest BCUT2D eigenvalue weighted by Gasteiger charge is 2.04. The fourth-order valence-electron chi connectivity index (χ4n) is 1.99. The van der Waals surface area contributed by atoms with Gasteiger partial charge in [0.15, 0.2) is 0 Å². The van der Waals surface area contributed by atoms with Gasteiger partial charge < -0.3 is 9.88 Å². The van der Waals surface area contributed by atoms with Gasteiger partial charge in [-0.15, -0.1) is 0 Å². The Hall–Kier alpha value is -1.32. The van der Waals surface area contributed by atoms with Crippen molar-refractivity contribution in [3.8, 4) is 0 Å². The number of halogens is 2. The molecular weight excluding hydrogens is 263 g/mol. The van der Waals surface area contributed by atoms with Gasteiger partial charge >= 0.3 is 0 Å². The topological polar surface area (TPSA) is 17.0 Å². The first-order valence-electron chi connectivity index (χ1n) is 6.49. The first kappa shape index (κ1) is 14.1. The lowest BCUT2D eigenvalue weighted by atomic mass is 10.2. The summed E-state index contributed by atoms with van der Waals surface area (Å²) in [5, 5.41) is 3.54. The smallest absolute Gasteiger partial charge is 0.142 e. The van der Waals surface area contributed by atoms with Crippen LogP contribution in [0.4, 0.5) is 4.39 Å². The van der Waals surface area contributed by atoms with Crippen LogP contribution in [0.5, 0.6) is 0 Å². The molecule has 0 aliphatic heterocycles. The van der Waals surface area contributed by atoms with Gasteiger partial charge in [0.05, 0.1) is 5.02 Å². The zero-order valence-corrected chi connectivity index (χ0v) is 11.8. The van der Waals surface area contributed by atoms with Gasteiger partial charge in [0, 0.05) is 25.0 Å². The largest absolute Gasteiger partial charge is 0.346 e. The van der Waals surface area contributed by atoms with Gasteiger partial charge in [0.1, 0.15) is 5.82 Å². The van der Waals surface area contributed by atoms with Gasteiger partial charge in [-0.25, -0.2) is 4.39 Å². The Bertz CT molecular complexity index is 537. The molecule has 1 heterocycles. The van der Waals surface area contributed by atoms with Crippen LogP contribution >= 0.6 is 11.6 Å². The van der Waals surface area contributed by atoms with Crippen LogP contribution < -0.4 is 5.32 Å². The molecule has 2 rings (SSSR count). The highest BCUT2D eigenvalue weighted by atomic mass is 35.5. The normalized spacial score (nSPS) is 10.9. The molecule has 0 fully saturated rings. The fourth-order valence-corrected chi connectivity index (χ4v) is 2.11. The maximum absolute atomic E-state index is 13.4. The van der Waals surface area contributed by atoms with E-state index in [1.165, 1.54) is 11.8 Å². The Morgan fingerprint density at radius 1 is 1.32 bits per heavy atom. The van der Waals surface area contributed by atoms with Crippen molar-refractivity contribution in [3.05, 3.63) is 58.6 Å². The third-order valence-electron chi connectivity index (χ3n) is 2.99. The first-order chi connectivity index (χ1) is 9.20. The summed E-state index contributed by atoms with van der Waals surface area (Å²) in [4.78, 5) is 0. The van der Waals surface area contributed by atoms with Crippen molar-refractivity contribution in [2.45, 2.75) is 26.4 Å². The maximum atomic E-state index is 13.4. The lowest BCUT2D eigenvalue weighted by Gasteiger charge is -2.10. The molecule has 1 aromatic carbocycles. The second-order valence-electron chi connectivity index (χ2n) is 4.55. The number of nitrogens with zero attached hydrogens (tertiary/aromatic N) is 1. The molecule has 0 saturated carbocycles. The Labute approximate surface area is 118 Å². The maximum Gasteiger partial charge on any atom is 0.142 e. The van der Waals surface area contributed by atoms with Crippen molar-refractivity contribution in [2.75, 3.05) is 6.54 Å². The van der Waals surface area contributed by atoms with Crippen LogP contribution in [0, 0.1) is 5.82 Å². The average Bonchev–Trinajstić information content (AvgIpc) is 2.82. The van der Waals surface area contributed by atoms with Crippen molar-refractivity contribution in [1.29, 1.82) is 0 Å². The van der Waals surface area contributed by atoms with E-state index in [1.807, 2.05) is 18.3 Å². The molecule has 4 heteroatoms. The summed E-state index contributed by atoms with van der Waals surface area (Å²) < 4.78 is 15.5. The molecule has 0 aliphatic carbocycles. The molecule has 2 aromatic rings. The van der Waals surface area contributed by atoms with E-state index in [0.717, 1.165) is 25.1 Å². The van der Waals surface area contributed by atoms with E-state index in [4.69, 9.17) is 11.6 Å². The van der Waals surface area contributed by atoms with Gasteiger partial charge in [-0.1, -0.05) is 24.6 Å². The molecule has 0 unspecified atom stereocenters. The van der Waals surface area contributed by atoms with Crippen molar-refractivity contribution < 1.29 is 4.39 Å². The van der Waals surface area contributed by atoms with Crippen LogP contribution in [-0.4, -0.2) is 11.1 Å². The molecule has 0 amide bonds. The Morgan fingerprint density at radius 3 is 2.89 bits per heavy atom. The molecular formula is C15H18ClFN2. The van der Waals surface area contributed by atoms with E-state index in [2.05, 4.69) is 22.9 Å². The molecule has 0 spiro atoms. The van der Waals surface area contributed by atoms with E-state index in [0.29, 0.717) is 6.54 Å². The summed E-state index contributed by atoms with van der Waals surface area (Å²) in [5.74, 6) is -0.364.